The fraction of sp³-hybridized carbons (Fsp3) is 1.00. The molecule has 0 bridgehead atoms. The molecule has 0 aromatic carbocycles. The third-order valence-corrected chi connectivity index (χ3v) is 6.35. The molecule has 0 amide bonds. The van der Waals surface area contributed by atoms with Crippen LogP contribution in [0, 0.1) is 5.92 Å². The standard InChI is InChI=1S/C21H47NO3Si/c1-4-5-6-7-8-9-10-11-12-13-14-16-21(18-19-22(2)3)17-15-20-26(23,24)25/h21,23-25H,4-20H2,1-3H3. The zero-order chi connectivity index (χ0) is 19.7. The fourth-order valence-electron chi connectivity index (χ4n) is 3.60. The first-order valence-electron chi connectivity index (χ1n) is 11.2. The lowest BCUT2D eigenvalue weighted by Gasteiger charge is -2.20. The van der Waals surface area contributed by atoms with Gasteiger partial charge in [0.2, 0.25) is 0 Å². The molecule has 1 atom stereocenters. The lowest BCUT2D eigenvalue weighted by Crippen LogP contribution is -2.34. The van der Waals surface area contributed by atoms with Gasteiger partial charge in [-0.15, -0.1) is 0 Å². The number of hydrogen-bond donors (Lipinski definition) is 3. The Morgan fingerprint density at radius 3 is 1.58 bits per heavy atom. The highest BCUT2D eigenvalue weighted by atomic mass is 28.4. The van der Waals surface area contributed by atoms with Crippen molar-refractivity contribution in [1.29, 1.82) is 0 Å². The van der Waals surface area contributed by atoms with Gasteiger partial charge in [0.05, 0.1) is 0 Å². The summed E-state index contributed by atoms with van der Waals surface area (Å²) in [7, 11) is 0.360. The smallest absolute Gasteiger partial charge is 0.390 e. The maximum atomic E-state index is 9.17. The molecule has 0 saturated carbocycles. The Kier molecular flexibility index (Phi) is 17.2. The van der Waals surface area contributed by atoms with Crippen LogP contribution in [-0.2, 0) is 0 Å². The summed E-state index contributed by atoms with van der Waals surface area (Å²) in [6, 6.07) is 0.184. The van der Waals surface area contributed by atoms with E-state index in [4.69, 9.17) is 14.4 Å². The van der Waals surface area contributed by atoms with E-state index in [1.807, 2.05) is 0 Å². The van der Waals surface area contributed by atoms with Gasteiger partial charge in [0.25, 0.3) is 0 Å². The highest BCUT2D eigenvalue weighted by Crippen LogP contribution is 2.22. The molecule has 0 aromatic heterocycles. The Bertz CT molecular complexity index is 295. The quantitative estimate of drug-likeness (QED) is 0.216. The van der Waals surface area contributed by atoms with E-state index in [1.165, 1.54) is 83.5 Å². The summed E-state index contributed by atoms with van der Waals surface area (Å²) in [6.45, 7) is 3.36. The second-order valence-electron chi connectivity index (χ2n) is 8.45. The summed E-state index contributed by atoms with van der Waals surface area (Å²) in [4.78, 5) is 29.7. The average Bonchev–Trinajstić information content (AvgIpc) is 2.55. The van der Waals surface area contributed by atoms with Gasteiger partial charge in [-0.1, -0.05) is 90.4 Å². The third-order valence-electron chi connectivity index (χ3n) is 5.33. The Labute approximate surface area is 164 Å². The Morgan fingerprint density at radius 2 is 1.12 bits per heavy atom. The zero-order valence-corrected chi connectivity index (χ0v) is 18.9. The van der Waals surface area contributed by atoms with Crippen LogP contribution in [-0.4, -0.2) is 48.7 Å². The molecular weight excluding hydrogens is 342 g/mol. The van der Waals surface area contributed by atoms with Crippen molar-refractivity contribution in [3.05, 3.63) is 0 Å². The molecule has 0 saturated heterocycles. The van der Waals surface area contributed by atoms with Crippen molar-refractivity contribution in [3.8, 4) is 0 Å². The van der Waals surface area contributed by atoms with Crippen molar-refractivity contribution in [2.75, 3.05) is 20.6 Å². The third kappa shape index (κ3) is 20.4. The molecule has 26 heavy (non-hydrogen) atoms. The maximum Gasteiger partial charge on any atom is 0.492 e. The minimum Gasteiger partial charge on any atom is -0.390 e. The van der Waals surface area contributed by atoms with Crippen LogP contribution < -0.4 is 0 Å². The van der Waals surface area contributed by atoms with E-state index in [0.29, 0.717) is 5.92 Å². The van der Waals surface area contributed by atoms with Crippen molar-refractivity contribution in [3.63, 3.8) is 0 Å². The van der Waals surface area contributed by atoms with Gasteiger partial charge in [0.1, 0.15) is 0 Å². The van der Waals surface area contributed by atoms with E-state index in [0.717, 1.165) is 19.4 Å². The molecule has 0 aliphatic carbocycles. The SMILES string of the molecule is CCCCCCCCCCCCCC(CCC[Si](O)(O)O)CCN(C)C. The molecule has 1 unspecified atom stereocenters. The molecule has 0 fully saturated rings. The van der Waals surface area contributed by atoms with Gasteiger partial charge >= 0.3 is 8.80 Å². The van der Waals surface area contributed by atoms with Crippen molar-refractivity contribution in [2.45, 2.75) is 109 Å². The molecule has 5 heteroatoms. The second-order valence-corrected chi connectivity index (χ2v) is 10.5. The lowest BCUT2D eigenvalue weighted by molar-refractivity contribution is 0.223. The van der Waals surface area contributed by atoms with Gasteiger partial charge in [-0.05, 0) is 39.4 Å². The van der Waals surface area contributed by atoms with Crippen LogP contribution in [0.25, 0.3) is 0 Å². The van der Waals surface area contributed by atoms with Gasteiger partial charge < -0.3 is 19.3 Å². The van der Waals surface area contributed by atoms with E-state index in [2.05, 4.69) is 25.9 Å². The minimum absolute atomic E-state index is 0.184. The van der Waals surface area contributed by atoms with Crippen molar-refractivity contribution >= 4 is 8.80 Å². The first kappa shape index (κ1) is 26.1. The Morgan fingerprint density at radius 1 is 0.654 bits per heavy atom. The molecule has 0 aromatic rings. The highest BCUT2D eigenvalue weighted by molar-refractivity contribution is 6.56. The Hall–Kier alpha value is 0.0569. The fourth-order valence-corrected chi connectivity index (χ4v) is 4.28. The van der Waals surface area contributed by atoms with Crippen LogP contribution in [0.3, 0.4) is 0 Å². The highest BCUT2D eigenvalue weighted by Gasteiger charge is 2.26. The average molecular weight is 390 g/mol. The van der Waals surface area contributed by atoms with Crippen LogP contribution in [0.5, 0.6) is 0 Å². The molecule has 0 heterocycles. The van der Waals surface area contributed by atoms with Crippen LogP contribution in [0.15, 0.2) is 0 Å². The minimum atomic E-state index is -3.85. The molecule has 0 radical (unpaired) electrons. The lowest BCUT2D eigenvalue weighted by atomic mass is 9.92. The van der Waals surface area contributed by atoms with Crippen molar-refractivity contribution in [2.24, 2.45) is 5.92 Å². The predicted molar refractivity (Wildman–Crippen MR) is 114 cm³/mol. The number of hydrogen-bond acceptors (Lipinski definition) is 4. The first-order valence-corrected chi connectivity index (χ1v) is 13.2. The molecule has 3 N–H and O–H groups in total. The summed E-state index contributed by atoms with van der Waals surface area (Å²) in [6.07, 6.45) is 19.3. The zero-order valence-electron chi connectivity index (χ0n) is 17.9. The summed E-state index contributed by atoms with van der Waals surface area (Å²) < 4.78 is 0. The summed E-state index contributed by atoms with van der Waals surface area (Å²) in [5.74, 6) is 0.646. The molecule has 4 nitrogen and oxygen atoms in total. The number of unbranched alkanes of at least 4 members (excludes halogenated alkanes) is 10. The summed E-state index contributed by atoms with van der Waals surface area (Å²) in [5, 5.41) is 0. The van der Waals surface area contributed by atoms with Crippen LogP contribution in [0.1, 0.15) is 103 Å². The molecule has 0 rings (SSSR count). The van der Waals surface area contributed by atoms with E-state index in [-0.39, 0.29) is 6.04 Å². The van der Waals surface area contributed by atoms with Gasteiger partial charge in [-0.25, -0.2) is 0 Å². The largest absolute Gasteiger partial charge is 0.492 e. The first-order chi connectivity index (χ1) is 12.3. The number of rotatable bonds is 19. The van der Waals surface area contributed by atoms with Gasteiger partial charge in [-0.3, -0.25) is 0 Å². The normalized spacial score (nSPS) is 13.5. The second kappa shape index (κ2) is 17.2. The van der Waals surface area contributed by atoms with E-state index < -0.39 is 8.80 Å². The molecule has 0 aliphatic rings. The molecular formula is C21H47NO3Si. The summed E-state index contributed by atoms with van der Waals surface area (Å²) >= 11 is 0. The summed E-state index contributed by atoms with van der Waals surface area (Å²) in [5.41, 5.74) is 0. The van der Waals surface area contributed by atoms with Crippen LogP contribution in [0.2, 0.25) is 6.04 Å². The van der Waals surface area contributed by atoms with Crippen LogP contribution >= 0.6 is 0 Å². The van der Waals surface area contributed by atoms with Crippen molar-refractivity contribution < 1.29 is 14.4 Å². The predicted octanol–water partition coefficient (Wildman–Crippen LogP) is 4.95. The van der Waals surface area contributed by atoms with Gasteiger partial charge in [-0.2, -0.15) is 0 Å². The van der Waals surface area contributed by atoms with E-state index in [1.54, 1.807) is 0 Å². The van der Waals surface area contributed by atoms with E-state index >= 15 is 0 Å². The molecule has 158 valence electrons. The van der Waals surface area contributed by atoms with Gasteiger partial charge in [0, 0.05) is 6.04 Å². The monoisotopic (exact) mass is 389 g/mol. The topological polar surface area (TPSA) is 63.9 Å². The van der Waals surface area contributed by atoms with Crippen molar-refractivity contribution in [1.82, 2.24) is 4.90 Å². The van der Waals surface area contributed by atoms with E-state index in [9.17, 15) is 0 Å². The molecule has 0 spiro atoms. The maximum absolute atomic E-state index is 9.17. The van der Waals surface area contributed by atoms with Crippen LogP contribution in [0.4, 0.5) is 0 Å². The number of nitrogens with zero attached hydrogens (tertiary/aromatic N) is 1. The molecule has 0 aliphatic heterocycles. The Balaban J connectivity index is 3.68. The van der Waals surface area contributed by atoms with Gasteiger partial charge in [0.15, 0.2) is 0 Å².